The summed E-state index contributed by atoms with van der Waals surface area (Å²) < 4.78 is 5.73. The molecule has 0 saturated carbocycles. The molecule has 0 amide bonds. The molecular formula is C13H21NO. The minimum Gasteiger partial charge on any atom is -0.491 e. The number of benzene rings is 1. The first-order chi connectivity index (χ1) is 7.06. The minimum absolute atomic E-state index is 0.230. The molecule has 15 heavy (non-hydrogen) atoms. The normalized spacial score (nSPS) is 10.5. The molecule has 0 radical (unpaired) electrons. The number of hydrogen-bond acceptors (Lipinski definition) is 2. The highest BCUT2D eigenvalue weighted by Gasteiger charge is 2.07. The highest BCUT2D eigenvalue weighted by atomic mass is 16.5. The zero-order valence-corrected chi connectivity index (χ0v) is 10.3. The number of nitrogens with one attached hydrogen (secondary N) is 1. The zero-order valence-electron chi connectivity index (χ0n) is 10.3. The molecule has 0 aliphatic carbocycles. The molecule has 1 aromatic carbocycles. The van der Waals surface area contributed by atoms with Crippen molar-refractivity contribution in [2.24, 2.45) is 0 Å². The molecule has 84 valence electrons. The molecule has 0 bridgehead atoms. The van der Waals surface area contributed by atoms with E-state index in [0.717, 1.165) is 12.3 Å². The van der Waals surface area contributed by atoms with Crippen LogP contribution in [-0.2, 0) is 0 Å². The molecule has 0 fully saturated rings. The van der Waals surface area contributed by atoms with Gasteiger partial charge in [0.05, 0.1) is 6.10 Å². The van der Waals surface area contributed by atoms with E-state index in [2.05, 4.69) is 32.2 Å². The van der Waals surface area contributed by atoms with Crippen molar-refractivity contribution in [1.82, 2.24) is 0 Å². The first-order valence-corrected chi connectivity index (χ1v) is 5.57. The van der Waals surface area contributed by atoms with Crippen molar-refractivity contribution >= 4 is 5.69 Å². The predicted molar refractivity (Wildman–Crippen MR) is 65.8 cm³/mol. The minimum atomic E-state index is 0.230. The van der Waals surface area contributed by atoms with Gasteiger partial charge < -0.3 is 10.1 Å². The summed E-state index contributed by atoms with van der Waals surface area (Å²) in [5.41, 5.74) is 3.70. The van der Waals surface area contributed by atoms with E-state index in [1.54, 1.807) is 0 Å². The van der Waals surface area contributed by atoms with Crippen LogP contribution in [0.25, 0.3) is 0 Å². The summed E-state index contributed by atoms with van der Waals surface area (Å²) in [6.45, 7) is 11.4. The molecule has 0 atom stereocenters. The molecule has 0 aliphatic rings. The van der Waals surface area contributed by atoms with Crippen molar-refractivity contribution in [1.29, 1.82) is 0 Å². The summed E-state index contributed by atoms with van der Waals surface area (Å²) in [5, 5.41) is 3.34. The summed E-state index contributed by atoms with van der Waals surface area (Å²) in [6, 6.07) is 4.13. The Morgan fingerprint density at radius 1 is 1.20 bits per heavy atom. The van der Waals surface area contributed by atoms with Gasteiger partial charge in [-0.05, 0) is 57.9 Å². The van der Waals surface area contributed by atoms with E-state index >= 15 is 0 Å². The van der Waals surface area contributed by atoms with Gasteiger partial charge in [-0.15, -0.1) is 0 Å². The molecule has 2 nitrogen and oxygen atoms in total. The Labute approximate surface area is 92.6 Å². The highest BCUT2D eigenvalue weighted by Crippen LogP contribution is 2.28. The smallest absolute Gasteiger partial charge is 0.123 e. The fraction of sp³-hybridized carbons (Fsp3) is 0.538. The van der Waals surface area contributed by atoms with Crippen molar-refractivity contribution in [2.75, 3.05) is 11.9 Å². The van der Waals surface area contributed by atoms with E-state index in [1.165, 1.54) is 16.8 Å². The first-order valence-electron chi connectivity index (χ1n) is 5.57. The van der Waals surface area contributed by atoms with Crippen molar-refractivity contribution in [2.45, 2.75) is 40.7 Å². The SMILES string of the molecule is CCNc1ccc(OC(C)C)c(C)c1C. The number of rotatable bonds is 4. The van der Waals surface area contributed by atoms with Crippen LogP contribution in [0.15, 0.2) is 12.1 Å². The second kappa shape index (κ2) is 5.06. The lowest BCUT2D eigenvalue weighted by molar-refractivity contribution is 0.240. The monoisotopic (exact) mass is 207 g/mol. The number of ether oxygens (including phenoxy) is 1. The van der Waals surface area contributed by atoms with Crippen LogP contribution in [0.2, 0.25) is 0 Å². The van der Waals surface area contributed by atoms with Gasteiger partial charge in [-0.3, -0.25) is 0 Å². The lowest BCUT2D eigenvalue weighted by Crippen LogP contribution is -2.08. The van der Waals surface area contributed by atoms with Crippen LogP contribution in [0.1, 0.15) is 31.9 Å². The van der Waals surface area contributed by atoms with E-state index in [4.69, 9.17) is 4.74 Å². The topological polar surface area (TPSA) is 21.3 Å². The fourth-order valence-corrected chi connectivity index (χ4v) is 1.56. The van der Waals surface area contributed by atoms with Crippen LogP contribution in [0.3, 0.4) is 0 Å². The molecule has 1 N–H and O–H groups in total. The van der Waals surface area contributed by atoms with Gasteiger partial charge in [-0.1, -0.05) is 0 Å². The van der Waals surface area contributed by atoms with Gasteiger partial charge in [0.25, 0.3) is 0 Å². The Bertz CT molecular complexity index is 332. The molecule has 1 rings (SSSR count). The maximum Gasteiger partial charge on any atom is 0.123 e. The third-order valence-corrected chi connectivity index (χ3v) is 2.47. The molecule has 0 unspecified atom stereocenters. The summed E-state index contributed by atoms with van der Waals surface area (Å²) in [7, 11) is 0. The molecule has 0 aliphatic heterocycles. The first kappa shape index (κ1) is 11.9. The van der Waals surface area contributed by atoms with Crippen molar-refractivity contribution < 1.29 is 4.74 Å². The van der Waals surface area contributed by atoms with Gasteiger partial charge in [-0.25, -0.2) is 0 Å². The summed E-state index contributed by atoms with van der Waals surface area (Å²) >= 11 is 0. The average Bonchev–Trinajstić information content (AvgIpc) is 2.17. The third-order valence-electron chi connectivity index (χ3n) is 2.47. The Hall–Kier alpha value is -1.18. The second-order valence-electron chi connectivity index (χ2n) is 4.06. The standard InChI is InChI=1S/C13H21NO/c1-6-14-12-7-8-13(15-9(2)3)11(5)10(12)4/h7-9,14H,6H2,1-5H3. The van der Waals surface area contributed by atoms with Crippen LogP contribution < -0.4 is 10.1 Å². The van der Waals surface area contributed by atoms with E-state index in [-0.39, 0.29) is 6.10 Å². The third kappa shape index (κ3) is 2.88. The second-order valence-corrected chi connectivity index (χ2v) is 4.06. The van der Waals surface area contributed by atoms with Crippen molar-refractivity contribution in [3.05, 3.63) is 23.3 Å². The van der Waals surface area contributed by atoms with Crippen LogP contribution in [0, 0.1) is 13.8 Å². The largest absolute Gasteiger partial charge is 0.491 e. The Kier molecular flexibility index (Phi) is 4.01. The van der Waals surface area contributed by atoms with Crippen LogP contribution in [-0.4, -0.2) is 12.6 Å². The van der Waals surface area contributed by atoms with Gasteiger partial charge in [0.15, 0.2) is 0 Å². The van der Waals surface area contributed by atoms with Gasteiger partial charge in [0, 0.05) is 12.2 Å². The maximum atomic E-state index is 5.73. The van der Waals surface area contributed by atoms with E-state index in [0.29, 0.717) is 0 Å². The lowest BCUT2D eigenvalue weighted by Gasteiger charge is -2.16. The Balaban J connectivity index is 2.98. The van der Waals surface area contributed by atoms with Gasteiger partial charge >= 0.3 is 0 Å². The maximum absolute atomic E-state index is 5.73. The fourth-order valence-electron chi connectivity index (χ4n) is 1.56. The molecule has 0 spiro atoms. The van der Waals surface area contributed by atoms with Crippen molar-refractivity contribution in [3.63, 3.8) is 0 Å². The Morgan fingerprint density at radius 2 is 1.87 bits per heavy atom. The van der Waals surface area contributed by atoms with Gasteiger partial charge in [0.2, 0.25) is 0 Å². The molecule has 0 saturated heterocycles. The molecule has 2 heteroatoms. The van der Waals surface area contributed by atoms with E-state index in [1.807, 2.05) is 19.9 Å². The van der Waals surface area contributed by atoms with E-state index in [9.17, 15) is 0 Å². The summed E-state index contributed by atoms with van der Waals surface area (Å²) in [5.74, 6) is 0.990. The quantitative estimate of drug-likeness (QED) is 0.815. The van der Waals surface area contributed by atoms with Crippen LogP contribution in [0.4, 0.5) is 5.69 Å². The lowest BCUT2D eigenvalue weighted by atomic mass is 10.1. The predicted octanol–water partition coefficient (Wildman–Crippen LogP) is 3.52. The molecule has 0 heterocycles. The number of anilines is 1. The van der Waals surface area contributed by atoms with E-state index < -0.39 is 0 Å². The molecule has 1 aromatic rings. The average molecular weight is 207 g/mol. The highest BCUT2D eigenvalue weighted by molar-refractivity contribution is 5.58. The summed E-state index contributed by atoms with van der Waals surface area (Å²) in [6.07, 6.45) is 0.230. The summed E-state index contributed by atoms with van der Waals surface area (Å²) in [4.78, 5) is 0. The van der Waals surface area contributed by atoms with Crippen LogP contribution in [0.5, 0.6) is 5.75 Å². The van der Waals surface area contributed by atoms with Crippen molar-refractivity contribution in [3.8, 4) is 5.75 Å². The van der Waals surface area contributed by atoms with Crippen LogP contribution >= 0.6 is 0 Å². The molecule has 0 aromatic heterocycles. The number of hydrogen-bond donors (Lipinski definition) is 1. The Morgan fingerprint density at radius 3 is 2.40 bits per heavy atom. The van der Waals surface area contributed by atoms with Gasteiger partial charge in [0.1, 0.15) is 5.75 Å². The zero-order chi connectivity index (χ0) is 11.4. The molecular weight excluding hydrogens is 186 g/mol. The van der Waals surface area contributed by atoms with Gasteiger partial charge in [-0.2, -0.15) is 0 Å².